The number of aromatic nitrogens is 2. The smallest absolute Gasteiger partial charge is 0.137 e. The average Bonchev–Trinajstić information content (AvgIpc) is 3.24. The standard InChI is InChI=1S/C20H20Cl2N2/c21-17-8-7-14(11-18(17)22)16(10-13-4-1-2-5-13)19-12-15-6-3-9-23-20(15)24-19/h3,6-9,11-13,16H,1-2,4-5,10H2,(H,23,24). The number of hydrogen-bond acceptors (Lipinski definition) is 1. The fourth-order valence-corrected chi connectivity index (χ4v) is 4.22. The van der Waals surface area contributed by atoms with Crippen LogP contribution in [0.3, 0.4) is 0 Å². The van der Waals surface area contributed by atoms with E-state index in [-0.39, 0.29) is 0 Å². The predicted molar refractivity (Wildman–Crippen MR) is 101 cm³/mol. The van der Waals surface area contributed by atoms with Gasteiger partial charge in [-0.15, -0.1) is 0 Å². The number of benzene rings is 1. The van der Waals surface area contributed by atoms with Crippen LogP contribution >= 0.6 is 23.2 Å². The molecule has 3 aromatic rings. The molecular weight excluding hydrogens is 339 g/mol. The van der Waals surface area contributed by atoms with Gasteiger partial charge < -0.3 is 4.98 Å². The van der Waals surface area contributed by atoms with Crippen LogP contribution in [0.15, 0.2) is 42.6 Å². The van der Waals surface area contributed by atoms with Crippen LogP contribution in [0, 0.1) is 5.92 Å². The zero-order valence-corrected chi connectivity index (χ0v) is 14.9. The quantitative estimate of drug-likeness (QED) is 0.560. The molecule has 4 rings (SSSR count). The molecule has 0 saturated heterocycles. The maximum atomic E-state index is 6.29. The summed E-state index contributed by atoms with van der Waals surface area (Å²) in [6, 6.07) is 12.3. The Hall–Kier alpha value is -1.51. The number of pyridine rings is 1. The number of aromatic amines is 1. The lowest BCUT2D eigenvalue weighted by atomic mass is 9.85. The zero-order chi connectivity index (χ0) is 16.5. The van der Waals surface area contributed by atoms with Gasteiger partial charge in [0.25, 0.3) is 0 Å². The number of hydrogen-bond donors (Lipinski definition) is 1. The number of fused-ring (bicyclic) bond motifs is 1. The van der Waals surface area contributed by atoms with Crippen LogP contribution in [-0.4, -0.2) is 9.97 Å². The van der Waals surface area contributed by atoms with Gasteiger partial charge in [0.05, 0.1) is 10.0 Å². The molecule has 2 nitrogen and oxygen atoms in total. The molecule has 1 fully saturated rings. The lowest BCUT2D eigenvalue weighted by Crippen LogP contribution is -2.07. The maximum absolute atomic E-state index is 6.29. The van der Waals surface area contributed by atoms with Crippen molar-refractivity contribution in [3.63, 3.8) is 0 Å². The summed E-state index contributed by atoms with van der Waals surface area (Å²) in [6.45, 7) is 0. The average molecular weight is 359 g/mol. The summed E-state index contributed by atoms with van der Waals surface area (Å²) in [5.41, 5.74) is 3.39. The van der Waals surface area contributed by atoms with E-state index in [4.69, 9.17) is 23.2 Å². The fourth-order valence-electron chi connectivity index (χ4n) is 3.92. The van der Waals surface area contributed by atoms with Gasteiger partial charge in [0.2, 0.25) is 0 Å². The third kappa shape index (κ3) is 3.18. The Kier molecular flexibility index (Phi) is 4.51. The minimum Gasteiger partial charge on any atom is -0.343 e. The number of rotatable bonds is 4. The van der Waals surface area contributed by atoms with E-state index in [1.807, 2.05) is 24.4 Å². The molecule has 1 unspecified atom stereocenters. The Balaban J connectivity index is 1.74. The first-order chi connectivity index (χ1) is 11.7. The zero-order valence-electron chi connectivity index (χ0n) is 13.4. The fraction of sp³-hybridized carbons (Fsp3) is 0.350. The van der Waals surface area contributed by atoms with Crippen LogP contribution in [-0.2, 0) is 0 Å². The topological polar surface area (TPSA) is 28.7 Å². The second-order valence-electron chi connectivity index (χ2n) is 6.78. The van der Waals surface area contributed by atoms with Crippen molar-refractivity contribution in [2.24, 2.45) is 5.92 Å². The van der Waals surface area contributed by atoms with E-state index in [1.165, 1.54) is 36.9 Å². The van der Waals surface area contributed by atoms with Crippen molar-refractivity contribution in [3.05, 3.63) is 63.9 Å². The van der Waals surface area contributed by atoms with Crippen LogP contribution in [0.2, 0.25) is 10.0 Å². The number of H-pyrrole nitrogens is 1. The van der Waals surface area contributed by atoms with E-state index >= 15 is 0 Å². The van der Waals surface area contributed by atoms with Crippen LogP contribution in [0.25, 0.3) is 11.0 Å². The molecule has 0 spiro atoms. The Labute approximate surface area is 152 Å². The highest BCUT2D eigenvalue weighted by Crippen LogP contribution is 2.39. The number of nitrogens with one attached hydrogen (secondary N) is 1. The minimum atomic E-state index is 0.303. The molecule has 1 atom stereocenters. The third-order valence-corrected chi connectivity index (χ3v) is 5.92. The maximum Gasteiger partial charge on any atom is 0.137 e. The molecule has 2 heterocycles. The largest absolute Gasteiger partial charge is 0.343 e. The van der Waals surface area contributed by atoms with Gasteiger partial charge in [0.15, 0.2) is 0 Å². The van der Waals surface area contributed by atoms with Gasteiger partial charge in [-0.25, -0.2) is 4.98 Å². The van der Waals surface area contributed by atoms with E-state index in [0.717, 1.165) is 23.4 Å². The second-order valence-corrected chi connectivity index (χ2v) is 7.59. The Morgan fingerprint density at radius 2 is 1.92 bits per heavy atom. The van der Waals surface area contributed by atoms with Crippen LogP contribution in [0.4, 0.5) is 0 Å². The van der Waals surface area contributed by atoms with Gasteiger partial charge in [-0.2, -0.15) is 0 Å². The summed E-state index contributed by atoms with van der Waals surface area (Å²) >= 11 is 12.4. The van der Waals surface area contributed by atoms with Gasteiger partial charge in [-0.05, 0) is 48.2 Å². The first-order valence-electron chi connectivity index (χ1n) is 8.59. The summed E-state index contributed by atoms with van der Waals surface area (Å²) in [6.07, 6.45) is 8.34. The molecule has 1 N–H and O–H groups in total. The van der Waals surface area contributed by atoms with Crippen LogP contribution < -0.4 is 0 Å². The lowest BCUT2D eigenvalue weighted by molar-refractivity contribution is 0.470. The van der Waals surface area contributed by atoms with Crippen LogP contribution in [0.1, 0.15) is 49.3 Å². The molecule has 24 heavy (non-hydrogen) atoms. The number of nitrogens with zero attached hydrogens (tertiary/aromatic N) is 1. The van der Waals surface area contributed by atoms with Gasteiger partial charge >= 0.3 is 0 Å². The van der Waals surface area contributed by atoms with Gasteiger partial charge in [0, 0.05) is 23.2 Å². The normalized spacial score (nSPS) is 16.8. The molecule has 1 aliphatic carbocycles. The highest BCUT2D eigenvalue weighted by molar-refractivity contribution is 6.42. The van der Waals surface area contributed by atoms with E-state index in [0.29, 0.717) is 16.0 Å². The third-order valence-electron chi connectivity index (χ3n) is 5.18. The van der Waals surface area contributed by atoms with E-state index in [2.05, 4.69) is 28.2 Å². The highest BCUT2D eigenvalue weighted by atomic mass is 35.5. The molecule has 0 radical (unpaired) electrons. The van der Waals surface area contributed by atoms with Crippen molar-refractivity contribution >= 4 is 34.2 Å². The Morgan fingerprint density at radius 3 is 2.67 bits per heavy atom. The second kappa shape index (κ2) is 6.78. The molecule has 0 aliphatic heterocycles. The first kappa shape index (κ1) is 16.0. The van der Waals surface area contributed by atoms with Crippen molar-refractivity contribution in [2.45, 2.75) is 38.0 Å². The summed E-state index contributed by atoms with van der Waals surface area (Å²) in [4.78, 5) is 7.95. The summed E-state index contributed by atoms with van der Waals surface area (Å²) < 4.78 is 0. The molecule has 2 aromatic heterocycles. The molecule has 0 bridgehead atoms. The van der Waals surface area contributed by atoms with E-state index < -0.39 is 0 Å². The highest BCUT2D eigenvalue weighted by Gasteiger charge is 2.24. The van der Waals surface area contributed by atoms with Crippen LogP contribution in [0.5, 0.6) is 0 Å². The Morgan fingerprint density at radius 1 is 1.08 bits per heavy atom. The SMILES string of the molecule is Clc1ccc(C(CC2CCCC2)c2cc3cccnc3[nH]2)cc1Cl. The van der Waals surface area contributed by atoms with E-state index in [1.54, 1.807) is 0 Å². The Bertz CT molecular complexity index is 817. The number of halogens is 2. The summed E-state index contributed by atoms with van der Waals surface area (Å²) in [5, 5.41) is 2.39. The molecular formula is C20H20Cl2N2. The van der Waals surface area contributed by atoms with Gasteiger partial charge in [-0.1, -0.05) is 55.0 Å². The van der Waals surface area contributed by atoms with Gasteiger partial charge in [0.1, 0.15) is 5.65 Å². The molecule has 1 aromatic carbocycles. The lowest BCUT2D eigenvalue weighted by Gasteiger charge is -2.20. The monoisotopic (exact) mass is 358 g/mol. The van der Waals surface area contributed by atoms with Crippen molar-refractivity contribution in [1.29, 1.82) is 0 Å². The van der Waals surface area contributed by atoms with Crippen molar-refractivity contribution < 1.29 is 0 Å². The van der Waals surface area contributed by atoms with Gasteiger partial charge in [-0.3, -0.25) is 0 Å². The molecule has 1 aliphatic rings. The minimum absolute atomic E-state index is 0.303. The van der Waals surface area contributed by atoms with Crippen molar-refractivity contribution in [2.75, 3.05) is 0 Å². The van der Waals surface area contributed by atoms with Crippen molar-refractivity contribution in [3.8, 4) is 0 Å². The molecule has 4 heteroatoms. The van der Waals surface area contributed by atoms with E-state index in [9.17, 15) is 0 Å². The molecule has 1 saturated carbocycles. The van der Waals surface area contributed by atoms with Crippen molar-refractivity contribution in [1.82, 2.24) is 9.97 Å². The summed E-state index contributed by atoms with van der Waals surface area (Å²) in [5.74, 6) is 1.08. The predicted octanol–water partition coefficient (Wildman–Crippen LogP) is 6.58. The summed E-state index contributed by atoms with van der Waals surface area (Å²) in [7, 11) is 0. The first-order valence-corrected chi connectivity index (χ1v) is 9.35. The molecule has 0 amide bonds. The molecule has 124 valence electrons.